The SMILES string of the molecule is COc1ccc(C(=O)OC(C)C(=O)Nc2ccc(S(=O)(=O)N3CCOCC3)cc2)c(O)c1. The van der Waals surface area contributed by atoms with E-state index >= 15 is 0 Å². The number of morpholine rings is 1. The van der Waals surface area contributed by atoms with Crippen molar-refractivity contribution in [2.45, 2.75) is 17.9 Å². The number of carbonyl (C=O) groups is 2. The molecule has 2 N–H and O–H groups in total. The number of ether oxygens (including phenoxy) is 3. The summed E-state index contributed by atoms with van der Waals surface area (Å²) in [5.41, 5.74) is 0.231. The second-order valence-electron chi connectivity index (χ2n) is 6.96. The zero-order chi connectivity index (χ0) is 23.3. The molecule has 0 radical (unpaired) electrons. The van der Waals surface area contributed by atoms with E-state index in [1.807, 2.05) is 0 Å². The van der Waals surface area contributed by atoms with Crippen LogP contribution in [0.5, 0.6) is 11.5 Å². The van der Waals surface area contributed by atoms with Gasteiger partial charge < -0.3 is 24.6 Å². The molecule has 0 aromatic heterocycles. The number of phenolic OH excluding ortho intramolecular Hbond substituents is 1. The van der Waals surface area contributed by atoms with Gasteiger partial charge in [0.25, 0.3) is 5.91 Å². The number of anilines is 1. The maximum Gasteiger partial charge on any atom is 0.342 e. The summed E-state index contributed by atoms with van der Waals surface area (Å²) in [6, 6.07) is 9.76. The molecule has 1 amide bonds. The summed E-state index contributed by atoms with van der Waals surface area (Å²) in [5, 5.41) is 12.5. The highest BCUT2D eigenvalue weighted by Gasteiger charge is 2.26. The Bertz CT molecular complexity index is 1080. The van der Waals surface area contributed by atoms with Crippen LogP contribution in [0.2, 0.25) is 0 Å². The summed E-state index contributed by atoms with van der Waals surface area (Å²) >= 11 is 0. The number of esters is 1. The number of nitrogens with zero attached hydrogens (tertiary/aromatic N) is 1. The van der Waals surface area contributed by atoms with Gasteiger partial charge in [0.05, 0.1) is 25.2 Å². The minimum atomic E-state index is -3.64. The fourth-order valence-electron chi connectivity index (χ4n) is 2.98. The predicted octanol–water partition coefficient (Wildman–Crippen LogP) is 1.61. The van der Waals surface area contributed by atoms with Gasteiger partial charge in [-0.25, -0.2) is 13.2 Å². The summed E-state index contributed by atoms with van der Waals surface area (Å²) in [4.78, 5) is 24.7. The number of sulfonamides is 1. The van der Waals surface area contributed by atoms with Crippen LogP contribution >= 0.6 is 0 Å². The van der Waals surface area contributed by atoms with Crippen molar-refractivity contribution in [3.8, 4) is 11.5 Å². The topological polar surface area (TPSA) is 131 Å². The van der Waals surface area contributed by atoms with Crippen molar-refractivity contribution in [3.05, 3.63) is 48.0 Å². The highest BCUT2D eigenvalue weighted by molar-refractivity contribution is 7.89. The number of methoxy groups -OCH3 is 1. The van der Waals surface area contributed by atoms with Gasteiger partial charge in [0, 0.05) is 24.8 Å². The minimum absolute atomic E-state index is 0.104. The van der Waals surface area contributed by atoms with Crippen LogP contribution in [0.4, 0.5) is 5.69 Å². The molecular formula is C21H24N2O8S. The molecule has 172 valence electrons. The average Bonchev–Trinajstić information content (AvgIpc) is 2.79. The van der Waals surface area contributed by atoms with Gasteiger partial charge in [-0.1, -0.05) is 0 Å². The molecule has 1 unspecified atom stereocenters. The quantitative estimate of drug-likeness (QED) is 0.591. The van der Waals surface area contributed by atoms with E-state index in [-0.39, 0.29) is 29.3 Å². The summed E-state index contributed by atoms with van der Waals surface area (Å²) in [5.74, 6) is -1.46. The normalized spacial score (nSPS) is 15.6. The Balaban J connectivity index is 1.61. The Morgan fingerprint density at radius 2 is 1.78 bits per heavy atom. The lowest BCUT2D eigenvalue weighted by Crippen LogP contribution is -2.40. The standard InChI is InChI=1S/C21H24N2O8S/c1-14(31-21(26)18-8-5-16(29-2)13-19(18)24)20(25)22-15-3-6-17(7-4-15)32(27,28)23-9-11-30-12-10-23/h3-8,13-14,24H,9-12H2,1-2H3,(H,22,25). The molecule has 1 atom stereocenters. The summed E-state index contributed by atoms with van der Waals surface area (Å²) < 4.78 is 41.9. The van der Waals surface area contributed by atoms with Crippen LogP contribution in [-0.2, 0) is 24.3 Å². The van der Waals surface area contributed by atoms with Crippen molar-refractivity contribution < 1.29 is 37.3 Å². The van der Waals surface area contributed by atoms with Crippen molar-refractivity contribution in [1.29, 1.82) is 0 Å². The third-order valence-electron chi connectivity index (χ3n) is 4.81. The number of phenols is 1. The maximum absolute atomic E-state index is 12.7. The van der Waals surface area contributed by atoms with E-state index in [1.165, 1.54) is 60.8 Å². The molecule has 10 nitrogen and oxygen atoms in total. The number of rotatable bonds is 7. The van der Waals surface area contributed by atoms with Crippen LogP contribution in [0.1, 0.15) is 17.3 Å². The number of amides is 1. The smallest absolute Gasteiger partial charge is 0.342 e. The molecule has 0 saturated carbocycles. The summed E-state index contributed by atoms with van der Waals surface area (Å²) in [6.07, 6.45) is -1.17. The van der Waals surface area contributed by atoms with Gasteiger partial charge in [-0.05, 0) is 43.3 Å². The molecule has 0 spiro atoms. The second kappa shape index (κ2) is 9.98. The molecule has 1 saturated heterocycles. The number of aromatic hydroxyl groups is 1. The molecule has 3 rings (SSSR count). The molecule has 1 fully saturated rings. The molecule has 1 heterocycles. The Hall–Kier alpha value is -3.15. The fraction of sp³-hybridized carbons (Fsp3) is 0.333. The first-order valence-electron chi connectivity index (χ1n) is 9.79. The first-order valence-corrected chi connectivity index (χ1v) is 11.2. The maximum atomic E-state index is 12.7. The van der Waals surface area contributed by atoms with Crippen molar-refractivity contribution in [1.82, 2.24) is 4.31 Å². The molecule has 2 aromatic rings. The summed E-state index contributed by atoms with van der Waals surface area (Å²) in [7, 11) is -2.22. The fourth-order valence-corrected chi connectivity index (χ4v) is 4.39. The monoisotopic (exact) mass is 464 g/mol. The molecule has 1 aliphatic heterocycles. The van der Waals surface area contributed by atoms with Gasteiger partial charge in [0.1, 0.15) is 17.1 Å². The Morgan fingerprint density at radius 3 is 2.38 bits per heavy atom. The molecule has 0 bridgehead atoms. The molecular weight excluding hydrogens is 440 g/mol. The molecule has 32 heavy (non-hydrogen) atoms. The largest absolute Gasteiger partial charge is 0.507 e. The second-order valence-corrected chi connectivity index (χ2v) is 8.90. The van der Waals surface area contributed by atoms with Crippen LogP contribution in [-0.4, -0.2) is 69.2 Å². The number of hydrogen-bond acceptors (Lipinski definition) is 8. The highest BCUT2D eigenvalue weighted by atomic mass is 32.2. The van der Waals surface area contributed by atoms with Crippen LogP contribution in [0, 0.1) is 0 Å². The van der Waals surface area contributed by atoms with E-state index in [0.29, 0.717) is 24.7 Å². The third-order valence-corrected chi connectivity index (χ3v) is 6.72. The first kappa shape index (κ1) is 23.5. The van der Waals surface area contributed by atoms with Gasteiger partial charge in [0.2, 0.25) is 10.0 Å². The van der Waals surface area contributed by atoms with E-state index in [1.54, 1.807) is 0 Å². The minimum Gasteiger partial charge on any atom is -0.507 e. The van der Waals surface area contributed by atoms with E-state index in [9.17, 15) is 23.1 Å². The van der Waals surface area contributed by atoms with Crippen molar-refractivity contribution >= 4 is 27.6 Å². The van der Waals surface area contributed by atoms with Crippen molar-refractivity contribution in [3.63, 3.8) is 0 Å². The van der Waals surface area contributed by atoms with Crippen LogP contribution in [0.15, 0.2) is 47.4 Å². The third kappa shape index (κ3) is 5.36. The zero-order valence-electron chi connectivity index (χ0n) is 17.6. The van der Waals surface area contributed by atoms with Gasteiger partial charge in [-0.2, -0.15) is 4.31 Å². The van der Waals surface area contributed by atoms with E-state index in [4.69, 9.17) is 14.2 Å². The van der Waals surface area contributed by atoms with E-state index < -0.39 is 28.0 Å². The number of hydrogen-bond donors (Lipinski definition) is 2. The predicted molar refractivity (Wildman–Crippen MR) is 114 cm³/mol. The van der Waals surface area contributed by atoms with E-state index in [0.717, 1.165) is 0 Å². The molecule has 11 heteroatoms. The lowest BCUT2D eigenvalue weighted by molar-refractivity contribution is -0.123. The lowest BCUT2D eigenvalue weighted by Gasteiger charge is -2.26. The highest BCUT2D eigenvalue weighted by Crippen LogP contribution is 2.24. The summed E-state index contributed by atoms with van der Waals surface area (Å²) in [6.45, 7) is 2.64. The molecule has 0 aliphatic carbocycles. The van der Waals surface area contributed by atoms with Crippen molar-refractivity contribution in [2.24, 2.45) is 0 Å². The van der Waals surface area contributed by atoms with Gasteiger partial charge in [-0.3, -0.25) is 4.79 Å². The zero-order valence-corrected chi connectivity index (χ0v) is 18.4. The first-order chi connectivity index (χ1) is 15.2. The number of nitrogens with one attached hydrogen (secondary N) is 1. The van der Waals surface area contributed by atoms with Gasteiger partial charge >= 0.3 is 5.97 Å². The van der Waals surface area contributed by atoms with Gasteiger partial charge in [0.15, 0.2) is 6.10 Å². The molecule has 2 aromatic carbocycles. The number of carbonyl (C=O) groups excluding carboxylic acids is 2. The lowest BCUT2D eigenvalue weighted by atomic mass is 10.2. The molecule has 1 aliphatic rings. The van der Waals surface area contributed by atoms with Crippen LogP contribution in [0.3, 0.4) is 0 Å². The van der Waals surface area contributed by atoms with E-state index in [2.05, 4.69) is 5.32 Å². The Kier molecular flexibility index (Phi) is 7.33. The van der Waals surface area contributed by atoms with Crippen LogP contribution in [0.25, 0.3) is 0 Å². The van der Waals surface area contributed by atoms with Gasteiger partial charge in [-0.15, -0.1) is 0 Å². The van der Waals surface area contributed by atoms with Crippen molar-refractivity contribution in [2.75, 3.05) is 38.7 Å². The Morgan fingerprint density at radius 1 is 1.12 bits per heavy atom. The van der Waals surface area contributed by atoms with Crippen LogP contribution < -0.4 is 10.1 Å². The average molecular weight is 464 g/mol. The number of benzene rings is 2. The Labute approximate surface area is 185 Å².